The smallest absolute Gasteiger partial charge is 0.357 e. The van der Waals surface area contributed by atoms with Gasteiger partial charge in [-0.05, 0) is 23.3 Å². The molecule has 0 bridgehead atoms. The molecular formula is C28H19ClN2O5S. The molecule has 0 saturated carbocycles. The molecule has 1 saturated heterocycles. The van der Waals surface area contributed by atoms with Gasteiger partial charge in [0.05, 0.1) is 16.2 Å². The SMILES string of the molecule is O=C(OC(c1ccccc1)c1ccccc1)C1=C(Cl)CS[C@@H]2[C@H](N3C(=O)c4ccccc4C3=O)C(=O)N12. The predicted octanol–water partition coefficient (Wildman–Crippen LogP) is 4.35. The molecule has 37 heavy (non-hydrogen) atoms. The molecule has 0 N–H and O–H groups in total. The molecule has 0 aliphatic carbocycles. The highest BCUT2D eigenvalue weighted by Gasteiger charge is 2.60. The summed E-state index contributed by atoms with van der Waals surface area (Å²) in [6.07, 6.45) is -0.719. The summed E-state index contributed by atoms with van der Waals surface area (Å²) in [4.78, 5) is 55.1. The van der Waals surface area contributed by atoms with Gasteiger partial charge in [-0.25, -0.2) is 4.79 Å². The van der Waals surface area contributed by atoms with E-state index in [1.165, 1.54) is 16.7 Å². The maximum absolute atomic E-state index is 13.5. The quantitative estimate of drug-likeness (QED) is 0.277. The zero-order chi connectivity index (χ0) is 25.7. The van der Waals surface area contributed by atoms with Gasteiger partial charge in [0.15, 0.2) is 6.10 Å². The van der Waals surface area contributed by atoms with Crippen molar-refractivity contribution < 1.29 is 23.9 Å². The molecular weight excluding hydrogens is 512 g/mol. The number of esters is 1. The molecule has 3 amide bonds. The molecule has 3 heterocycles. The van der Waals surface area contributed by atoms with Gasteiger partial charge in [0.1, 0.15) is 17.1 Å². The Hall–Kier alpha value is -3.88. The number of fused-ring (bicyclic) bond motifs is 2. The van der Waals surface area contributed by atoms with Crippen LogP contribution in [0.5, 0.6) is 0 Å². The molecule has 3 aromatic carbocycles. The summed E-state index contributed by atoms with van der Waals surface area (Å²) in [6.45, 7) is 0. The highest BCUT2D eigenvalue weighted by Crippen LogP contribution is 2.45. The second kappa shape index (κ2) is 9.21. The minimum atomic E-state index is -1.02. The van der Waals surface area contributed by atoms with Crippen LogP contribution in [0.25, 0.3) is 0 Å². The number of hydrogen-bond donors (Lipinski definition) is 0. The zero-order valence-electron chi connectivity index (χ0n) is 19.2. The van der Waals surface area contributed by atoms with Crippen LogP contribution in [0.3, 0.4) is 0 Å². The van der Waals surface area contributed by atoms with Gasteiger partial charge in [0.25, 0.3) is 17.7 Å². The highest BCUT2D eigenvalue weighted by atomic mass is 35.5. The molecule has 7 nitrogen and oxygen atoms in total. The van der Waals surface area contributed by atoms with Gasteiger partial charge in [-0.3, -0.25) is 24.2 Å². The molecule has 3 aromatic rings. The highest BCUT2D eigenvalue weighted by molar-refractivity contribution is 8.00. The topological polar surface area (TPSA) is 84.0 Å². The van der Waals surface area contributed by atoms with Crippen molar-refractivity contribution >= 4 is 47.1 Å². The lowest BCUT2D eigenvalue weighted by Crippen LogP contribution is -2.71. The standard InChI is InChI=1S/C28H19ClN2O5S/c29-20-15-37-27-22(30-24(32)18-13-7-8-14-19(18)25(30)33)26(34)31(27)21(20)28(35)36-23(16-9-3-1-4-10-16)17-11-5-2-6-12-17/h1-14,22-23,27H,15H2/t22-,27-/m1/s1. The van der Waals surface area contributed by atoms with E-state index < -0.39 is 41.2 Å². The molecule has 184 valence electrons. The number of carbonyl (C=O) groups is 4. The number of amides is 3. The molecule has 0 aromatic heterocycles. The van der Waals surface area contributed by atoms with Gasteiger partial charge in [-0.1, -0.05) is 84.4 Å². The number of rotatable bonds is 5. The molecule has 3 aliphatic rings. The Morgan fingerprint density at radius 1 is 0.811 bits per heavy atom. The first kappa shape index (κ1) is 23.5. The largest absolute Gasteiger partial charge is 0.448 e. The van der Waals surface area contributed by atoms with Crippen molar-refractivity contribution in [3.8, 4) is 0 Å². The second-order valence-corrected chi connectivity index (χ2v) is 10.3. The van der Waals surface area contributed by atoms with Crippen molar-refractivity contribution in [3.05, 3.63) is 118 Å². The Morgan fingerprint density at radius 2 is 1.32 bits per heavy atom. The molecule has 9 heteroatoms. The Balaban J connectivity index is 1.28. The zero-order valence-corrected chi connectivity index (χ0v) is 20.8. The van der Waals surface area contributed by atoms with Crippen molar-refractivity contribution in [2.24, 2.45) is 0 Å². The van der Waals surface area contributed by atoms with Crippen molar-refractivity contribution in [2.45, 2.75) is 17.5 Å². The van der Waals surface area contributed by atoms with E-state index in [9.17, 15) is 19.2 Å². The van der Waals surface area contributed by atoms with Crippen molar-refractivity contribution in [1.82, 2.24) is 9.80 Å². The number of carbonyl (C=O) groups excluding carboxylic acids is 4. The van der Waals surface area contributed by atoms with Gasteiger partial charge in [0, 0.05) is 5.75 Å². The normalized spacial score (nSPS) is 20.6. The third-order valence-electron chi connectivity index (χ3n) is 6.62. The number of hydrogen-bond acceptors (Lipinski definition) is 6. The van der Waals surface area contributed by atoms with Crippen LogP contribution >= 0.6 is 23.4 Å². The minimum Gasteiger partial charge on any atom is -0.448 e. The number of β-lactam (4-membered cyclic amide) rings is 1. The summed E-state index contributed by atoms with van der Waals surface area (Å²) in [5.74, 6) is -2.09. The van der Waals surface area contributed by atoms with E-state index in [-0.39, 0.29) is 27.6 Å². The first-order valence-electron chi connectivity index (χ1n) is 11.6. The van der Waals surface area contributed by atoms with Crippen LogP contribution in [0.4, 0.5) is 0 Å². The van der Waals surface area contributed by atoms with Crippen LogP contribution in [-0.2, 0) is 14.3 Å². The lowest BCUT2D eigenvalue weighted by molar-refractivity contribution is -0.155. The monoisotopic (exact) mass is 530 g/mol. The molecule has 6 rings (SSSR count). The van der Waals surface area contributed by atoms with Crippen LogP contribution < -0.4 is 0 Å². The third kappa shape index (κ3) is 3.75. The van der Waals surface area contributed by atoms with Gasteiger partial charge in [0.2, 0.25) is 0 Å². The second-order valence-electron chi connectivity index (χ2n) is 8.74. The molecule has 0 radical (unpaired) electrons. The van der Waals surface area contributed by atoms with Crippen molar-refractivity contribution in [2.75, 3.05) is 5.75 Å². The number of imide groups is 1. The van der Waals surface area contributed by atoms with E-state index in [2.05, 4.69) is 0 Å². The Labute approximate surface area is 221 Å². The lowest BCUT2D eigenvalue weighted by Gasteiger charge is -2.51. The average Bonchev–Trinajstić information content (AvgIpc) is 3.18. The summed E-state index contributed by atoms with van der Waals surface area (Å²) in [5, 5.41) is -0.452. The third-order valence-corrected chi connectivity index (χ3v) is 8.36. The Morgan fingerprint density at radius 3 is 1.86 bits per heavy atom. The summed E-state index contributed by atoms with van der Waals surface area (Å²) in [5.41, 5.74) is 2.00. The fourth-order valence-electron chi connectivity index (χ4n) is 4.86. The van der Waals surface area contributed by atoms with E-state index in [4.69, 9.17) is 16.3 Å². The van der Waals surface area contributed by atoms with Crippen LogP contribution in [0.1, 0.15) is 37.9 Å². The van der Waals surface area contributed by atoms with Crippen LogP contribution in [0, 0.1) is 0 Å². The summed E-state index contributed by atoms with van der Waals surface area (Å²) >= 11 is 7.76. The fraction of sp³-hybridized carbons (Fsp3) is 0.143. The number of benzene rings is 3. The van der Waals surface area contributed by atoms with E-state index in [0.29, 0.717) is 0 Å². The Kier molecular flexibility index (Phi) is 5.85. The maximum Gasteiger partial charge on any atom is 0.357 e. The first-order valence-corrected chi connectivity index (χ1v) is 13.0. The summed E-state index contributed by atoms with van der Waals surface area (Å²) < 4.78 is 5.96. The van der Waals surface area contributed by atoms with Crippen molar-refractivity contribution in [3.63, 3.8) is 0 Å². The van der Waals surface area contributed by atoms with E-state index in [1.807, 2.05) is 60.7 Å². The van der Waals surface area contributed by atoms with Crippen LogP contribution in [0.15, 0.2) is 95.7 Å². The lowest BCUT2D eigenvalue weighted by atomic mass is 10.0. The Bertz CT molecular complexity index is 1400. The maximum atomic E-state index is 13.5. The van der Waals surface area contributed by atoms with Crippen LogP contribution in [0.2, 0.25) is 0 Å². The predicted molar refractivity (Wildman–Crippen MR) is 138 cm³/mol. The van der Waals surface area contributed by atoms with Gasteiger partial charge < -0.3 is 4.74 Å². The number of nitrogens with zero attached hydrogens (tertiary/aromatic N) is 2. The molecule has 0 unspecified atom stereocenters. The molecule has 3 aliphatic heterocycles. The average molecular weight is 531 g/mol. The molecule has 1 fully saturated rings. The first-order chi connectivity index (χ1) is 18.0. The summed E-state index contributed by atoms with van der Waals surface area (Å²) in [6, 6.07) is 24.0. The molecule has 2 atom stereocenters. The van der Waals surface area contributed by atoms with Gasteiger partial charge >= 0.3 is 5.97 Å². The van der Waals surface area contributed by atoms with Gasteiger partial charge in [-0.2, -0.15) is 0 Å². The number of thioether (sulfide) groups is 1. The van der Waals surface area contributed by atoms with E-state index in [1.54, 1.807) is 24.3 Å². The van der Waals surface area contributed by atoms with E-state index >= 15 is 0 Å². The number of ether oxygens (including phenoxy) is 1. The van der Waals surface area contributed by atoms with Crippen LogP contribution in [-0.4, -0.2) is 50.7 Å². The number of halogens is 1. The van der Waals surface area contributed by atoms with Crippen molar-refractivity contribution in [1.29, 1.82) is 0 Å². The summed E-state index contributed by atoms with van der Waals surface area (Å²) in [7, 11) is 0. The van der Waals surface area contributed by atoms with E-state index in [0.717, 1.165) is 16.0 Å². The fourth-order valence-corrected chi connectivity index (χ4v) is 6.45. The van der Waals surface area contributed by atoms with Gasteiger partial charge in [-0.15, -0.1) is 11.8 Å². The molecule has 0 spiro atoms. The minimum absolute atomic E-state index is 0.0554.